The SMILES string of the molecule is CC=CN[C]=S. The van der Waals surface area contributed by atoms with Crippen molar-refractivity contribution in [2.45, 2.75) is 6.92 Å². The highest BCUT2D eigenvalue weighted by molar-refractivity contribution is 7.78. The first-order chi connectivity index (χ1) is 2.91. The van der Waals surface area contributed by atoms with Crippen molar-refractivity contribution in [3.63, 3.8) is 0 Å². The van der Waals surface area contributed by atoms with E-state index in [1.807, 2.05) is 13.0 Å². The fourth-order valence-electron chi connectivity index (χ4n) is 0.117. The average molecular weight is 100 g/mol. The molecule has 0 heterocycles. The summed E-state index contributed by atoms with van der Waals surface area (Å²) < 4.78 is 0. The van der Waals surface area contributed by atoms with Gasteiger partial charge in [0, 0.05) is 0 Å². The summed E-state index contributed by atoms with van der Waals surface area (Å²) in [5, 5.41) is 2.58. The molecule has 0 aromatic rings. The minimum atomic E-state index is 1.72. The molecule has 0 saturated carbocycles. The number of allylic oxidation sites excluding steroid dienone is 1. The molecule has 0 aromatic heterocycles. The summed E-state index contributed by atoms with van der Waals surface area (Å²) in [5.74, 6) is 0. The van der Waals surface area contributed by atoms with Gasteiger partial charge in [0.25, 0.3) is 0 Å². The van der Waals surface area contributed by atoms with Crippen LogP contribution in [0, 0.1) is 0 Å². The molecule has 1 nitrogen and oxygen atoms in total. The van der Waals surface area contributed by atoms with Gasteiger partial charge in [0.05, 0.1) is 0 Å². The number of thiocarbonyl (C=S) groups is 1. The molecule has 0 rings (SSSR count). The van der Waals surface area contributed by atoms with Gasteiger partial charge < -0.3 is 5.32 Å². The summed E-state index contributed by atoms with van der Waals surface area (Å²) in [4.78, 5) is 0. The van der Waals surface area contributed by atoms with Crippen LogP contribution in [0.4, 0.5) is 0 Å². The third-order valence-corrected chi connectivity index (χ3v) is 0.427. The lowest BCUT2D eigenvalue weighted by atomic mass is 10.7. The number of hydrogen-bond donors (Lipinski definition) is 1. The van der Waals surface area contributed by atoms with Crippen molar-refractivity contribution in [1.29, 1.82) is 0 Å². The molecule has 0 saturated heterocycles. The number of rotatable bonds is 2. The van der Waals surface area contributed by atoms with Crippen LogP contribution in [-0.4, -0.2) is 5.49 Å². The first-order valence-electron chi connectivity index (χ1n) is 1.65. The van der Waals surface area contributed by atoms with Crippen molar-refractivity contribution in [3.8, 4) is 0 Å². The zero-order valence-corrected chi connectivity index (χ0v) is 4.38. The summed E-state index contributed by atoms with van der Waals surface area (Å²) in [6.45, 7) is 1.90. The van der Waals surface area contributed by atoms with Crippen LogP contribution in [0.15, 0.2) is 12.3 Å². The van der Waals surface area contributed by atoms with E-state index in [9.17, 15) is 0 Å². The molecule has 1 N–H and O–H groups in total. The molecular formula is C4H6NS. The van der Waals surface area contributed by atoms with E-state index in [0.29, 0.717) is 0 Å². The Labute approximate surface area is 43.1 Å². The summed E-state index contributed by atoms with van der Waals surface area (Å²) in [6, 6.07) is 0. The van der Waals surface area contributed by atoms with Gasteiger partial charge in [0.15, 0.2) is 0 Å². The zero-order valence-electron chi connectivity index (χ0n) is 3.56. The molecule has 0 fully saturated rings. The topological polar surface area (TPSA) is 12.0 Å². The quantitative estimate of drug-likeness (QED) is 0.409. The van der Waals surface area contributed by atoms with Crippen LogP contribution < -0.4 is 5.32 Å². The number of hydrogen-bond acceptors (Lipinski definition) is 1. The van der Waals surface area contributed by atoms with Gasteiger partial charge in [-0.1, -0.05) is 18.3 Å². The maximum atomic E-state index is 4.31. The van der Waals surface area contributed by atoms with Crippen LogP contribution in [0.1, 0.15) is 6.92 Å². The molecule has 33 valence electrons. The maximum Gasteiger partial charge on any atom is 0.138 e. The Hall–Kier alpha value is -0.370. The van der Waals surface area contributed by atoms with Gasteiger partial charge in [-0.15, -0.1) is 0 Å². The summed E-state index contributed by atoms with van der Waals surface area (Å²) in [7, 11) is 0. The van der Waals surface area contributed by atoms with Crippen LogP contribution in [0.3, 0.4) is 0 Å². The Morgan fingerprint density at radius 1 is 1.83 bits per heavy atom. The molecule has 1 radical (unpaired) electrons. The lowest BCUT2D eigenvalue weighted by Gasteiger charge is -1.75. The third-order valence-electron chi connectivity index (χ3n) is 0.309. The van der Waals surface area contributed by atoms with E-state index in [1.165, 1.54) is 0 Å². The van der Waals surface area contributed by atoms with E-state index in [0.717, 1.165) is 0 Å². The van der Waals surface area contributed by atoms with Gasteiger partial charge in [0.1, 0.15) is 5.49 Å². The van der Waals surface area contributed by atoms with E-state index in [2.05, 4.69) is 23.0 Å². The second-order valence-electron chi connectivity index (χ2n) is 0.746. The number of nitrogens with one attached hydrogen (secondary N) is 1. The molecule has 0 aliphatic rings. The van der Waals surface area contributed by atoms with E-state index in [1.54, 1.807) is 6.20 Å². The smallest absolute Gasteiger partial charge is 0.138 e. The van der Waals surface area contributed by atoms with Gasteiger partial charge in [-0.3, -0.25) is 0 Å². The van der Waals surface area contributed by atoms with E-state index in [-0.39, 0.29) is 0 Å². The fraction of sp³-hybridized carbons (Fsp3) is 0.250. The monoisotopic (exact) mass is 100 g/mol. The van der Waals surface area contributed by atoms with Crippen molar-refractivity contribution in [2.24, 2.45) is 0 Å². The minimum Gasteiger partial charge on any atom is -0.351 e. The van der Waals surface area contributed by atoms with Crippen LogP contribution in [-0.2, 0) is 0 Å². The summed E-state index contributed by atoms with van der Waals surface area (Å²) >= 11 is 4.31. The molecule has 0 unspecified atom stereocenters. The van der Waals surface area contributed by atoms with E-state index < -0.39 is 0 Å². The lowest BCUT2D eigenvalue weighted by molar-refractivity contribution is 1.34. The van der Waals surface area contributed by atoms with Gasteiger partial charge in [0.2, 0.25) is 0 Å². The van der Waals surface area contributed by atoms with Gasteiger partial charge in [-0.2, -0.15) is 0 Å². The van der Waals surface area contributed by atoms with Crippen molar-refractivity contribution in [1.82, 2.24) is 5.32 Å². The molecule has 6 heavy (non-hydrogen) atoms. The van der Waals surface area contributed by atoms with Crippen molar-refractivity contribution in [2.75, 3.05) is 0 Å². The Morgan fingerprint density at radius 3 is 2.67 bits per heavy atom. The lowest BCUT2D eigenvalue weighted by Crippen LogP contribution is -1.95. The highest BCUT2D eigenvalue weighted by Gasteiger charge is 1.54. The molecule has 0 bridgehead atoms. The zero-order chi connectivity index (χ0) is 4.83. The Balaban J connectivity index is 2.85. The summed E-state index contributed by atoms with van der Waals surface area (Å²) in [6.07, 6.45) is 3.56. The summed E-state index contributed by atoms with van der Waals surface area (Å²) in [5.41, 5.74) is 2.32. The van der Waals surface area contributed by atoms with Crippen molar-refractivity contribution >= 4 is 17.7 Å². The van der Waals surface area contributed by atoms with Crippen LogP contribution >= 0.6 is 12.2 Å². The Morgan fingerprint density at radius 2 is 2.50 bits per heavy atom. The second kappa shape index (κ2) is 4.63. The largest absolute Gasteiger partial charge is 0.351 e. The predicted octanol–water partition coefficient (Wildman–Crippen LogP) is 0.944. The molecular weight excluding hydrogens is 94.1 g/mol. The molecule has 0 spiro atoms. The van der Waals surface area contributed by atoms with Crippen LogP contribution in [0.2, 0.25) is 0 Å². The minimum absolute atomic E-state index is 1.72. The molecule has 0 amide bonds. The normalized spacial score (nSPS) is 8.83. The van der Waals surface area contributed by atoms with E-state index in [4.69, 9.17) is 0 Å². The highest BCUT2D eigenvalue weighted by atomic mass is 32.1. The first-order valence-corrected chi connectivity index (χ1v) is 2.06. The highest BCUT2D eigenvalue weighted by Crippen LogP contribution is 1.56. The van der Waals surface area contributed by atoms with Crippen LogP contribution in [0.5, 0.6) is 0 Å². The molecule has 0 aromatic carbocycles. The van der Waals surface area contributed by atoms with Gasteiger partial charge in [-0.05, 0) is 13.1 Å². The van der Waals surface area contributed by atoms with Gasteiger partial charge >= 0.3 is 0 Å². The molecule has 0 aliphatic heterocycles. The molecule has 2 heteroatoms. The first kappa shape index (κ1) is 5.63. The van der Waals surface area contributed by atoms with Crippen molar-refractivity contribution in [3.05, 3.63) is 12.3 Å². The standard InChI is InChI=1S/C4H6NS/c1-2-3-5-4-6/h2-3H,1H3,(H,5,6). The second-order valence-corrected chi connectivity index (χ2v) is 0.951. The maximum absolute atomic E-state index is 4.31. The molecule has 0 aliphatic carbocycles. The third kappa shape index (κ3) is 3.63. The fourth-order valence-corrected chi connectivity index (χ4v) is 0.185. The molecule has 0 atom stereocenters. The Kier molecular flexibility index (Phi) is 4.34. The Bertz CT molecular complexity index is 58.6. The van der Waals surface area contributed by atoms with Crippen molar-refractivity contribution < 1.29 is 0 Å². The van der Waals surface area contributed by atoms with E-state index >= 15 is 0 Å². The predicted molar refractivity (Wildman–Crippen MR) is 30.5 cm³/mol. The average Bonchev–Trinajstić information content (AvgIpc) is 1.61. The van der Waals surface area contributed by atoms with Crippen LogP contribution in [0.25, 0.3) is 0 Å². The van der Waals surface area contributed by atoms with Gasteiger partial charge in [-0.25, -0.2) is 0 Å².